The predicted octanol–water partition coefficient (Wildman–Crippen LogP) is 1.09. The van der Waals surface area contributed by atoms with Crippen molar-refractivity contribution in [2.45, 2.75) is 32.4 Å². The first-order valence-electron chi connectivity index (χ1n) is 7.30. The minimum atomic E-state index is -0.182. The Labute approximate surface area is 124 Å². The molecule has 3 N–H and O–H groups in total. The normalized spacial score (nSPS) is 17.3. The number of hydrogen-bond donors (Lipinski definition) is 3. The van der Waals surface area contributed by atoms with Crippen LogP contribution in [0, 0.1) is 6.92 Å². The molecule has 1 aliphatic heterocycles. The SMILES string of the molecule is Cc1cccc(CCNC(=O)C2Cc3nc[nH]c3CN2)c1. The minimum absolute atomic E-state index is 0.0521. The number of amides is 1. The van der Waals surface area contributed by atoms with E-state index in [1.807, 2.05) is 6.07 Å². The number of hydrogen-bond acceptors (Lipinski definition) is 3. The Balaban J connectivity index is 1.49. The van der Waals surface area contributed by atoms with E-state index in [1.165, 1.54) is 11.1 Å². The molecule has 5 nitrogen and oxygen atoms in total. The van der Waals surface area contributed by atoms with E-state index in [1.54, 1.807) is 6.33 Å². The Hall–Kier alpha value is -2.14. The van der Waals surface area contributed by atoms with Crippen LogP contribution in [-0.2, 0) is 24.2 Å². The first-order chi connectivity index (χ1) is 10.2. The lowest BCUT2D eigenvalue weighted by Crippen LogP contribution is -2.48. The molecule has 1 unspecified atom stereocenters. The predicted molar refractivity (Wildman–Crippen MR) is 80.8 cm³/mol. The number of carbonyl (C=O) groups is 1. The van der Waals surface area contributed by atoms with Gasteiger partial charge in [-0.3, -0.25) is 10.1 Å². The van der Waals surface area contributed by atoms with Crippen molar-refractivity contribution in [3.8, 4) is 0 Å². The highest BCUT2D eigenvalue weighted by molar-refractivity contribution is 5.82. The highest BCUT2D eigenvalue weighted by Crippen LogP contribution is 2.12. The van der Waals surface area contributed by atoms with Crippen molar-refractivity contribution in [3.63, 3.8) is 0 Å². The number of nitrogens with zero attached hydrogens (tertiary/aromatic N) is 1. The Morgan fingerprint density at radius 3 is 3.24 bits per heavy atom. The molecule has 1 aromatic carbocycles. The largest absolute Gasteiger partial charge is 0.354 e. The monoisotopic (exact) mass is 284 g/mol. The van der Waals surface area contributed by atoms with E-state index in [4.69, 9.17) is 0 Å². The van der Waals surface area contributed by atoms with E-state index in [2.05, 4.69) is 45.7 Å². The van der Waals surface area contributed by atoms with Gasteiger partial charge in [0, 0.05) is 19.5 Å². The summed E-state index contributed by atoms with van der Waals surface area (Å²) in [5, 5.41) is 6.24. The van der Waals surface area contributed by atoms with Crippen molar-refractivity contribution in [2.24, 2.45) is 0 Å². The second-order valence-electron chi connectivity index (χ2n) is 5.50. The molecule has 0 bridgehead atoms. The van der Waals surface area contributed by atoms with Gasteiger partial charge in [0.15, 0.2) is 0 Å². The molecule has 2 aromatic rings. The number of H-pyrrole nitrogens is 1. The lowest BCUT2D eigenvalue weighted by Gasteiger charge is -2.22. The average Bonchev–Trinajstić information content (AvgIpc) is 2.94. The van der Waals surface area contributed by atoms with Gasteiger partial charge in [0.25, 0.3) is 0 Å². The average molecular weight is 284 g/mol. The third-order valence-corrected chi connectivity index (χ3v) is 3.84. The maximum Gasteiger partial charge on any atom is 0.237 e. The smallest absolute Gasteiger partial charge is 0.237 e. The molecule has 1 aromatic heterocycles. The van der Waals surface area contributed by atoms with Gasteiger partial charge in [0.05, 0.1) is 23.8 Å². The summed E-state index contributed by atoms with van der Waals surface area (Å²) in [6, 6.07) is 8.19. The zero-order valence-electron chi connectivity index (χ0n) is 12.1. The van der Waals surface area contributed by atoms with Crippen LogP contribution >= 0.6 is 0 Å². The molecule has 2 heterocycles. The van der Waals surface area contributed by atoms with Crippen LogP contribution in [0.4, 0.5) is 0 Å². The van der Waals surface area contributed by atoms with Crippen LogP contribution in [0.5, 0.6) is 0 Å². The van der Waals surface area contributed by atoms with Gasteiger partial charge in [0.1, 0.15) is 0 Å². The number of nitrogens with one attached hydrogen (secondary N) is 3. The summed E-state index contributed by atoms with van der Waals surface area (Å²) in [6.07, 6.45) is 3.19. The highest BCUT2D eigenvalue weighted by Gasteiger charge is 2.25. The number of carbonyl (C=O) groups excluding carboxylic acids is 1. The summed E-state index contributed by atoms with van der Waals surface area (Å²) in [4.78, 5) is 19.5. The highest BCUT2D eigenvalue weighted by atomic mass is 16.2. The number of aromatic amines is 1. The van der Waals surface area contributed by atoms with Crippen LogP contribution in [0.2, 0.25) is 0 Å². The molecule has 1 aliphatic rings. The summed E-state index contributed by atoms with van der Waals surface area (Å²) in [5.41, 5.74) is 4.58. The van der Waals surface area contributed by atoms with Gasteiger partial charge in [-0.15, -0.1) is 0 Å². The van der Waals surface area contributed by atoms with Crippen molar-refractivity contribution in [1.29, 1.82) is 0 Å². The third-order valence-electron chi connectivity index (χ3n) is 3.84. The maximum absolute atomic E-state index is 12.2. The molecule has 5 heteroatoms. The Bertz CT molecular complexity index is 635. The minimum Gasteiger partial charge on any atom is -0.354 e. The Morgan fingerprint density at radius 1 is 1.48 bits per heavy atom. The fourth-order valence-corrected chi connectivity index (χ4v) is 2.68. The van der Waals surface area contributed by atoms with E-state index in [-0.39, 0.29) is 11.9 Å². The van der Waals surface area contributed by atoms with Gasteiger partial charge in [-0.2, -0.15) is 0 Å². The number of benzene rings is 1. The van der Waals surface area contributed by atoms with Crippen molar-refractivity contribution in [3.05, 3.63) is 53.1 Å². The summed E-state index contributed by atoms with van der Waals surface area (Å²) in [5.74, 6) is 0.0521. The van der Waals surface area contributed by atoms with Gasteiger partial charge >= 0.3 is 0 Å². The third kappa shape index (κ3) is 3.31. The molecule has 110 valence electrons. The molecular weight excluding hydrogens is 264 g/mol. The van der Waals surface area contributed by atoms with Crippen molar-refractivity contribution >= 4 is 5.91 Å². The molecule has 1 amide bonds. The van der Waals surface area contributed by atoms with Crippen molar-refractivity contribution < 1.29 is 4.79 Å². The summed E-state index contributed by atoms with van der Waals surface area (Å²) < 4.78 is 0. The standard InChI is InChI=1S/C16H20N4O/c1-11-3-2-4-12(7-11)5-6-17-16(21)14-8-13-15(9-18-14)20-10-19-13/h2-4,7,10,14,18H,5-6,8-9H2,1H3,(H,17,21)(H,19,20). The van der Waals surface area contributed by atoms with E-state index < -0.39 is 0 Å². The second-order valence-corrected chi connectivity index (χ2v) is 5.50. The Morgan fingerprint density at radius 2 is 2.38 bits per heavy atom. The van der Waals surface area contributed by atoms with E-state index in [0.717, 1.165) is 17.8 Å². The summed E-state index contributed by atoms with van der Waals surface area (Å²) in [7, 11) is 0. The molecule has 0 fully saturated rings. The molecule has 3 rings (SSSR count). The summed E-state index contributed by atoms with van der Waals surface area (Å²) in [6.45, 7) is 3.41. The molecule has 0 saturated heterocycles. The second kappa shape index (κ2) is 6.10. The van der Waals surface area contributed by atoms with Gasteiger partial charge in [-0.05, 0) is 18.9 Å². The maximum atomic E-state index is 12.2. The lowest BCUT2D eigenvalue weighted by molar-refractivity contribution is -0.123. The number of rotatable bonds is 4. The first-order valence-corrected chi connectivity index (χ1v) is 7.30. The number of fused-ring (bicyclic) bond motifs is 1. The van der Waals surface area contributed by atoms with Gasteiger partial charge in [0.2, 0.25) is 5.91 Å². The molecule has 0 spiro atoms. The van der Waals surface area contributed by atoms with Gasteiger partial charge in [-0.25, -0.2) is 4.98 Å². The fraction of sp³-hybridized carbons (Fsp3) is 0.375. The van der Waals surface area contributed by atoms with Crippen LogP contribution in [-0.4, -0.2) is 28.5 Å². The zero-order chi connectivity index (χ0) is 14.7. The molecule has 0 radical (unpaired) electrons. The lowest BCUT2D eigenvalue weighted by atomic mass is 10.0. The first kappa shape index (κ1) is 13.8. The molecule has 0 saturated carbocycles. The van der Waals surface area contributed by atoms with E-state index in [9.17, 15) is 4.79 Å². The molecule has 21 heavy (non-hydrogen) atoms. The van der Waals surface area contributed by atoms with Gasteiger partial charge in [-0.1, -0.05) is 29.8 Å². The van der Waals surface area contributed by atoms with E-state index in [0.29, 0.717) is 19.5 Å². The van der Waals surface area contributed by atoms with Crippen LogP contribution in [0.25, 0.3) is 0 Å². The quantitative estimate of drug-likeness (QED) is 0.787. The van der Waals surface area contributed by atoms with E-state index >= 15 is 0 Å². The number of aromatic nitrogens is 2. The fourth-order valence-electron chi connectivity index (χ4n) is 2.68. The van der Waals surface area contributed by atoms with Crippen LogP contribution < -0.4 is 10.6 Å². The Kier molecular flexibility index (Phi) is 4.01. The summed E-state index contributed by atoms with van der Waals surface area (Å²) >= 11 is 0. The molecule has 0 aliphatic carbocycles. The molecular formula is C16H20N4O. The van der Waals surface area contributed by atoms with Crippen molar-refractivity contribution in [2.75, 3.05) is 6.54 Å². The molecule has 1 atom stereocenters. The van der Waals surface area contributed by atoms with Crippen LogP contribution in [0.3, 0.4) is 0 Å². The van der Waals surface area contributed by atoms with Crippen LogP contribution in [0.1, 0.15) is 22.5 Å². The van der Waals surface area contributed by atoms with Gasteiger partial charge < -0.3 is 10.3 Å². The van der Waals surface area contributed by atoms with Crippen molar-refractivity contribution in [1.82, 2.24) is 20.6 Å². The van der Waals surface area contributed by atoms with Crippen LogP contribution in [0.15, 0.2) is 30.6 Å². The topological polar surface area (TPSA) is 69.8 Å². The number of aryl methyl sites for hydroxylation is 1. The number of imidazole rings is 1. The zero-order valence-corrected chi connectivity index (χ0v) is 12.1.